The average molecular weight is 341 g/mol. The second-order valence-corrected chi connectivity index (χ2v) is 7.30. The molecule has 104 valence electrons. The Labute approximate surface area is 124 Å². The molecule has 10 heteroatoms. The number of rotatable bonds is 4. The summed E-state index contributed by atoms with van der Waals surface area (Å²) in [6, 6.07) is 1.73. The lowest BCUT2D eigenvalue weighted by atomic mass is 10.4. The molecule has 3 N–H and O–H groups in total. The van der Waals surface area contributed by atoms with E-state index in [1.807, 2.05) is 0 Å². The molecule has 0 fully saturated rings. The molecule has 2 aromatic rings. The normalized spacial score (nSPS) is 11.8. The summed E-state index contributed by atoms with van der Waals surface area (Å²) in [5, 5.41) is 9.35. The number of aromatic nitrogens is 2. The third kappa shape index (κ3) is 3.21. The Morgan fingerprint density at radius 1 is 1.53 bits per heavy atom. The SMILES string of the molecule is Cn1c(CNc2ncc(S(N)(=O)=O)s2)cc(Cl)c1Cl. The highest BCUT2D eigenvalue weighted by Gasteiger charge is 2.13. The molecule has 0 atom stereocenters. The van der Waals surface area contributed by atoms with E-state index in [4.69, 9.17) is 28.3 Å². The van der Waals surface area contributed by atoms with E-state index in [1.54, 1.807) is 17.7 Å². The highest BCUT2D eigenvalue weighted by Crippen LogP contribution is 2.26. The molecule has 2 heterocycles. The Balaban J connectivity index is 2.11. The zero-order chi connectivity index (χ0) is 14.2. The lowest BCUT2D eigenvalue weighted by molar-refractivity contribution is 0.599. The zero-order valence-corrected chi connectivity index (χ0v) is 12.9. The van der Waals surface area contributed by atoms with E-state index in [0.717, 1.165) is 17.0 Å². The molecular weight excluding hydrogens is 331 g/mol. The number of nitrogens with zero attached hydrogens (tertiary/aromatic N) is 2. The van der Waals surface area contributed by atoms with Crippen molar-refractivity contribution < 1.29 is 8.42 Å². The van der Waals surface area contributed by atoms with E-state index >= 15 is 0 Å². The average Bonchev–Trinajstić information content (AvgIpc) is 2.88. The molecule has 0 aromatic carbocycles. The van der Waals surface area contributed by atoms with E-state index in [9.17, 15) is 8.42 Å². The molecule has 0 bridgehead atoms. The molecule has 0 aliphatic carbocycles. The Kier molecular flexibility index (Phi) is 4.07. The lowest BCUT2D eigenvalue weighted by Crippen LogP contribution is -2.09. The number of thiazole rings is 1. The predicted octanol–water partition coefficient (Wildman–Crippen LogP) is 2.05. The third-order valence-electron chi connectivity index (χ3n) is 2.40. The minimum Gasteiger partial charge on any atom is -0.356 e. The van der Waals surface area contributed by atoms with Gasteiger partial charge in [0.25, 0.3) is 0 Å². The Morgan fingerprint density at radius 3 is 2.68 bits per heavy atom. The van der Waals surface area contributed by atoms with Crippen LogP contribution in [0.4, 0.5) is 5.13 Å². The van der Waals surface area contributed by atoms with Gasteiger partial charge in [0.05, 0.1) is 17.8 Å². The summed E-state index contributed by atoms with van der Waals surface area (Å²) < 4.78 is 23.9. The van der Waals surface area contributed by atoms with Gasteiger partial charge in [-0.3, -0.25) is 0 Å². The molecule has 0 saturated heterocycles. The summed E-state index contributed by atoms with van der Waals surface area (Å²) in [4.78, 5) is 3.93. The number of anilines is 1. The number of primary sulfonamides is 1. The summed E-state index contributed by atoms with van der Waals surface area (Å²) in [6.45, 7) is 0.417. The molecule has 0 spiro atoms. The fraction of sp³-hybridized carbons (Fsp3) is 0.222. The molecule has 0 aliphatic heterocycles. The molecule has 2 aromatic heterocycles. The van der Waals surface area contributed by atoms with Gasteiger partial charge in [-0.1, -0.05) is 34.5 Å². The van der Waals surface area contributed by atoms with Crippen LogP contribution < -0.4 is 10.5 Å². The monoisotopic (exact) mass is 340 g/mol. The van der Waals surface area contributed by atoms with Crippen LogP contribution in [-0.4, -0.2) is 18.0 Å². The number of hydrogen-bond acceptors (Lipinski definition) is 5. The molecule has 19 heavy (non-hydrogen) atoms. The van der Waals surface area contributed by atoms with Crippen LogP contribution in [0.5, 0.6) is 0 Å². The van der Waals surface area contributed by atoms with Crippen molar-refractivity contribution >= 4 is 49.7 Å². The van der Waals surface area contributed by atoms with E-state index in [1.165, 1.54) is 6.20 Å². The summed E-state index contributed by atoms with van der Waals surface area (Å²) in [7, 11) is -1.93. The van der Waals surface area contributed by atoms with Gasteiger partial charge in [0.2, 0.25) is 10.0 Å². The van der Waals surface area contributed by atoms with Gasteiger partial charge in [0, 0.05) is 12.7 Å². The van der Waals surface area contributed by atoms with Crippen LogP contribution in [0.3, 0.4) is 0 Å². The second kappa shape index (κ2) is 5.29. The summed E-state index contributed by atoms with van der Waals surface area (Å²) >= 11 is 12.8. The first-order valence-corrected chi connectivity index (χ1v) is 8.13. The van der Waals surface area contributed by atoms with Crippen molar-refractivity contribution in [1.82, 2.24) is 9.55 Å². The first kappa shape index (κ1) is 14.6. The van der Waals surface area contributed by atoms with Crippen LogP contribution >= 0.6 is 34.5 Å². The number of nitrogens with two attached hydrogens (primary N) is 1. The number of halogens is 2. The highest BCUT2D eigenvalue weighted by atomic mass is 35.5. The molecule has 0 amide bonds. The minimum absolute atomic E-state index is 0.0120. The van der Waals surface area contributed by atoms with Crippen molar-refractivity contribution in [1.29, 1.82) is 0 Å². The van der Waals surface area contributed by atoms with Crippen LogP contribution in [0.15, 0.2) is 16.5 Å². The summed E-state index contributed by atoms with van der Waals surface area (Å²) in [6.07, 6.45) is 1.22. The first-order chi connectivity index (χ1) is 8.79. The maximum atomic E-state index is 11.1. The molecule has 0 saturated carbocycles. The van der Waals surface area contributed by atoms with Gasteiger partial charge in [0.1, 0.15) is 5.15 Å². The fourth-order valence-corrected chi connectivity index (χ4v) is 3.26. The Hall–Kier alpha value is -0.800. The quantitative estimate of drug-likeness (QED) is 0.891. The minimum atomic E-state index is -3.71. The smallest absolute Gasteiger partial charge is 0.249 e. The van der Waals surface area contributed by atoms with Gasteiger partial charge in [0.15, 0.2) is 9.34 Å². The molecule has 6 nitrogen and oxygen atoms in total. The van der Waals surface area contributed by atoms with Crippen molar-refractivity contribution in [3.8, 4) is 0 Å². The first-order valence-electron chi connectivity index (χ1n) is 5.01. The molecule has 0 aliphatic rings. The Morgan fingerprint density at radius 2 is 2.21 bits per heavy atom. The van der Waals surface area contributed by atoms with Crippen molar-refractivity contribution in [2.75, 3.05) is 5.32 Å². The largest absolute Gasteiger partial charge is 0.356 e. The molecular formula is C9H10Cl2N4O2S2. The van der Waals surface area contributed by atoms with Crippen LogP contribution in [0.1, 0.15) is 5.69 Å². The van der Waals surface area contributed by atoms with Gasteiger partial charge < -0.3 is 9.88 Å². The lowest BCUT2D eigenvalue weighted by Gasteiger charge is -2.04. The fourth-order valence-electron chi connectivity index (χ4n) is 1.40. The third-order valence-corrected chi connectivity index (χ3v) is 5.61. The van der Waals surface area contributed by atoms with E-state index < -0.39 is 10.0 Å². The Bertz CT molecular complexity index is 708. The number of sulfonamides is 1. The predicted molar refractivity (Wildman–Crippen MR) is 76.2 cm³/mol. The van der Waals surface area contributed by atoms with Crippen molar-refractivity contribution in [3.63, 3.8) is 0 Å². The maximum Gasteiger partial charge on any atom is 0.249 e. The molecule has 0 unspecified atom stereocenters. The number of nitrogens with one attached hydrogen (secondary N) is 1. The van der Waals surface area contributed by atoms with Gasteiger partial charge in [-0.05, 0) is 6.07 Å². The van der Waals surface area contributed by atoms with E-state index in [-0.39, 0.29) is 4.21 Å². The standard InChI is InChI=1S/C9H10Cl2N4O2S2/c1-15-5(2-6(10)8(15)11)3-13-9-14-4-7(18-9)19(12,16)17/h2,4H,3H2,1H3,(H,13,14)(H2,12,16,17). The van der Waals surface area contributed by atoms with Gasteiger partial charge in [-0.15, -0.1) is 0 Å². The van der Waals surface area contributed by atoms with Crippen molar-refractivity contribution in [2.45, 2.75) is 10.8 Å². The van der Waals surface area contributed by atoms with Crippen LogP contribution in [0, 0.1) is 0 Å². The van der Waals surface area contributed by atoms with Crippen LogP contribution in [0.2, 0.25) is 10.2 Å². The van der Waals surface area contributed by atoms with Crippen LogP contribution in [0.25, 0.3) is 0 Å². The molecule has 0 radical (unpaired) electrons. The number of hydrogen-bond donors (Lipinski definition) is 2. The zero-order valence-electron chi connectivity index (χ0n) is 9.72. The van der Waals surface area contributed by atoms with Gasteiger partial charge in [-0.2, -0.15) is 0 Å². The topological polar surface area (TPSA) is 90.0 Å². The molecule has 2 rings (SSSR count). The van der Waals surface area contributed by atoms with E-state index in [0.29, 0.717) is 21.9 Å². The van der Waals surface area contributed by atoms with Crippen LogP contribution in [-0.2, 0) is 23.6 Å². The van der Waals surface area contributed by atoms with E-state index in [2.05, 4.69) is 10.3 Å². The second-order valence-electron chi connectivity index (χ2n) is 3.72. The van der Waals surface area contributed by atoms with Gasteiger partial charge >= 0.3 is 0 Å². The highest BCUT2D eigenvalue weighted by molar-refractivity contribution is 7.91. The van der Waals surface area contributed by atoms with Gasteiger partial charge in [-0.25, -0.2) is 18.5 Å². The summed E-state index contributed by atoms with van der Waals surface area (Å²) in [5.74, 6) is 0. The maximum absolute atomic E-state index is 11.1. The summed E-state index contributed by atoms with van der Waals surface area (Å²) in [5.41, 5.74) is 0.849. The van der Waals surface area contributed by atoms with Crippen molar-refractivity contribution in [3.05, 3.63) is 28.1 Å². The van der Waals surface area contributed by atoms with Crippen molar-refractivity contribution in [2.24, 2.45) is 12.2 Å².